The Morgan fingerprint density at radius 3 is 2.31 bits per heavy atom. The number of likely N-dealkylation sites (tertiary alicyclic amines) is 1. The van der Waals surface area contributed by atoms with Crippen LogP contribution in [0, 0.1) is 5.41 Å². The molecule has 0 atom stereocenters. The Bertz CT molecular complexity index is 165. The van der Waals surface area contributed by atoms with Crippen LogP contribution in [0.2, 0.25) is 19.5 Å². The van der Waals surface area contributed by atoms with Crippen LogP contribution < -0.4 is 0 Å². The largest absolute Gasteiger partial charge is 0.303 e. The molecule has 0 unspecified atom stereocenters. The van der Waals surface area contributed by atoms with E-state index in [4.69, 9.17) is 0 Å². The molecule has 1 nitrogen and oxygen atoms in total. The molecule has 0 radical (unpaired) electrons. The minimum absolute atomic E-state index is 0.809. The van der Waals surface area contributed by atoms with E-state index in [2.05, 4.69) is 18.6 Å². The van der Waals surface area contributed by atoms with Crippen LogP contribution in [-0.2, 0) is 0 Å². The highest BCUT2D eigenvalue weighted by atomic mass is 15.1. The number of hydrogen-bond acceptors (Lipinski definition) is 1. The van der Waals surface area contributed by atoms with E-state index in [-0.39, 0.29) is 0 Å². The lowest BCUT2D eigenvalue weighted by Crippen LogP contribution is -2.48. The van der Waals surface area contributed by atoms with Gasteiger partial charge in [0.15, 0.2) is 0 Å². The molecule has 2 saturated heterocycles. The summed E-state index contributed by atoms with van der Waals surface area (Å²) in [5.74, 6) is 0. The SMILES string of the molecule is CCCN1CCC2(CC1)CB(C)C2. The van der Waals surface area contributed by atoms with E-state index in [1.54, 1.807) is 0 Å². The smallest absolute Gasteiger partial charge is 0.137 e. The second kappa shape index (κ2) is 3.64. The van der Waals surface area contributed by atoms with Crippen molar-refractivity contribution in [3.05, 3.63) is 0 Å². The van der Waals surface area contributed by atoms with Gasteiger partial charge in [-0.2, -0.15) is 0 Å². The maximum Gasteiger partial charge on any atom is 0.137 e. The monoisotopic (exact) mass is 179 g/mol. The number of piperidine rings is 1. The van der Waals surface area contributed by atoms with Crippen LogP contribution in [0.4, 0.5) is 0 Å². The minimum atomic E-state index is 0.809. The lowest BCUT2D eigenvalue weighted by molar-refractivity contribution is 0.118. The van der Waals surface area contributed by atoms with Crippen molar-refractivity contribution in [2.75, 3.05) is 19.6 Å². The molecule has 2 aliphatic heterocycles. The summed E-state index contributed by atoms with van der Waals surface area (Å²) in [4.78, 5) is 2.65. The highest BCUT2D eigenvalue weighted by Crippen LogP contribution is 2.49. The van der Waals surface area contributed by atoms with E-state index in [0.29, 0.717) is 0 Å². The van der Waals surface area contributed by atoms with Gasteiger partial charge in [-0.05, 0) is 44.3 Å². The molecule has 2 heterocycles. The number of nitrogens with zero attached hydrogens (tertiary/aromatic N) is 1. The molecule has 74 valence electrons. The standard InChI is InChI=1S/C11H22BN/c1-3-6-13-7-4-11(5-8-13)9-12(2)10-11/h3-10H2,1-2H3. The zero-order valence-corrected chi connectivity index (χ0v) is 9.18. The molecule has 0 bridgehead atoms. The first-order valence-electron chi connectivity index (χ1n) is 5.96. The van der Waals surface area contributed by atoms with Crippen LogP contribution in [0.5, 0.6) is 0 Å². The first-order valence-corrected chi connectivity index (χ1v) is 5.96. The Hall–Kier alpha value is 0.0249. The summed E-state index contributed by atoms with van der Waals surface area (Å²) >= 11 is 0. The molecule has 2 fully saturated rings. The maximum absolute atomic E-state index is 2.65. The Morgan fingerprint density at radius 1 is 1.23 bits per heavy atom. The molecule has 0 saturated carbocycles. The van der Waals surface area contributed by atoms with Gasteiger partial charge in [-0.15, -0.1) is 0 Å². The Kier molecular flexibility index (Phi) is 2.68. The van der Waals surface area contributed by atoms with E-state index in [9.17, 15) is 0 Å². The minimum Gasteiger partial charge on any atom is -0.303 e. The second-order valence-corrected chi connectivity index (χ2v) is 5.36. The Morgan fingerprint density at radius 2 is 1.85 bits per heavy atom. The summed E-state index contributed by atoms with van der Waals surface area (Å²) in [6.45, 7) is 9.80. The van der Waals surface area contributed by atoms with E-state index in [1.807, 2.05) is 0 Å². The zero-order valence-electron chi connectivity index (χ0n) is 9.18. The highest BCUT2D eigenvalue weighted by molar-refractivity contribution is 6.61. The van der Waals surface area contributed by atoms with Gasteiger partial charge in [-0.1, -0.05) is 26.4 Å². The predicted octanol–water partition coefficient (Wildman–Crippen LogP) is 2.62. The maximum atomic E-state index is 2.65. The Labute approximate surface area is 83.0 Å². The third kappa shape index (κ3) is 1.93. The van der Waals surface area contributed by atoms with Gasteiger partial charge < -0.3 is 4.90 Å². The second-order valence-electron chi connectivity index (χ2n) is 5.36. The summed E-state index contributed by atoms with van der Waals surface area (Å²) in [5.41, 5.74) is 0.809. The molecule has 0 aromatic heterocycles. The first kappa shape index (κ1) is 9.58. The van der Waals surface area contributed by atoms with Crippen LogP contribution in [0.3, 0.4) is 0 Å². The third-order valence-corrected chi connectivity index (χ3v) is 4.02. The van der Waals surface area contributed by atoms with Crippen molar-refractivity contribution in [1.82, 2.24) is 4.90 Å². The fourth-order valence-corrected chi connectivity index (χ4v) is 3.39. The number of hydrogen-bond donors (Lipinski definition) is 0. The van der Waals surface area contributed by atoms with Crippen LogP contribution in [0.1, 0.15) is 26.2 Å². The van der Waals surface area contributed by atoms with Crippen molar-refractivity contribution in [2.45, 2.75) is 45.6 Å². The van der Waals surface area contributed by atoms with E-state index < -0.39 is 0 Å². The van der Waals surface area contributed by atoms with Crippen molar-refractivity contribution < 1.29 is 0 Å². The molecule has 0 aliphatic carbocycles. The van der Waals surface area contributed by atoms with Gasteiger partial charge >= 0.3 is 0 Å². The van der Waals surface area contributed by atoms with Crippen LogP contribution in [0.25, 0.3) is 0 Å². The van der Waals surface area contributed by atoms with Crippen LogP contribution >= 0.6 is 0 Å². The molecule has 2 rings (SSSR count). The summed E-state index contributed by atoms with van der Waals surface area (Å²) in [7, 11) is 0. The molecule has 0 aromatic carbocycles. The average Bonchev–Trinajstić information content (AvgIpc) is 2.07. The van der Waals surface area contributed by atoms with Crippen molar-refractivity contribution in [2.24, 2.45) is 5.41 Å². The normalized spacial score (nSPS) is 27.7. The van der Waals surface area contributed by atoms with Gasteiger partial charge in [0.1, 0.15) is 6.71 Å². The number of rotatable bonds is 2. The summed E-state index contributed by atoms with van der Waals surface area (Å²) in [6, 6.07) is 0. The van der Waals surface area contributed by atoms with Crippen molar-refractivity contribution in [3.8, 4) is 0 Å². The van der Waals surface area contributed by atoms with E-state index >= 15 is 0 Å². The topological polar surface area (TPSA) is 3.24 Å². The van der Waals surface area contributed by atoms with E-state index in [1.165, 1.54) is 51.5 Å². The van der Waals surface area contributed by atoms with Crippen LogP contribution in [-0.4, -0.2) is 31.2 Å². The molecule has 0 aromatic rings. The Balaban J connectivity index is 1.77. The molecule has 0 N–H and O–H groups in total. The molecule has 2 heteroatoms. The van der Waals surface area contributed by atoms with Gasteiger partial charge in [-0.3, -0.25) is 0 Å². The van der Waals surface area contributed by atoms with E-state index in [0.717, 1.165) is 12.1 Å². The summed E-state index contributed by atoms with van der Waals surface area (Å²) in [6.07, 6.45) is 7.33. The van der Waals surface area contributed by atoms with Crippen LogP contribution in [0.15, 0.2) is 0 Å². The van der Waals surface area contributed by atoms with Gasteiger partial charge in [0, 0.05) is 0 Å². The molecular weight excluding hydrogens is 157 g/mol. The van der Waals surface area contributed by atoms with Gasteiger partial charge in [0.05, 0.1) is 0 Å². The molecule has 13 heavy (non-hydrogen) atoms. The average molecular weight is 179 g/mol. The van der Waals surface area contributed by atoms with Crippen molar-refractivity contribution >= 4 is 6.71 Å². The fraction of sp³-hybridized carbons (Fsp3) is 1.00. The van der Waals surface area contributed by atoms with Gasteiger partial charge in [0.25, 0.3) is 0 Å². The molecular formula is C11H22BN. The lowest BCUT2D eigenvalue weighted by atomic mass is 9.26. The molecule has 0 amide bonds. The lowest BCUT2D eigenvalue weighted by Gasteiger charge is -2.50. The fourth-order valence-electron chi connectivity index (χ4n) is 3.39. The van der Waals surface area contributed by atoms with Crippen molar-refractivity contribution in [1.29, 1.82) is 0 Å². The zero-order chi connectivity index (χ0) is 9.31. The summed E-state index contributed by atoms with van der Waals surface area (Å²) < 4.78 is 0. The third-order valence-electron chi connectivity index (χ3n) is 4.02. The van der Waals surface area contributed by atoms with Gasteiger partial charge in [0.2, 0.25) is 0 Å². The highest BCUT2D eigenvalue weighted by Gasteiger charge is 2.44. The summed E-state index contributed by atoms with van der Waals surface area (Å²) in [5, 5.41) is 0. The first-order chi connectivity index (χ1) is 6.24. The molecule has 1 spiro atoms. The molecule has 2 aliphatic rings. The predicted molar refractivity (Wildman–Crippen MR) is 59.6 cm³/mol. The quantitative estimate of drug-likeness (QED) is 0.589. The van der Waals surface area contributed by atoms with Gasteiger partial charge in [-0.25, -0.2) is 0 Å². The van der Waals surface area contributed by atoms with Crippen molar-refractivity contribution in [3.63, 3.8) is 0 Å².